The van der Waals surface area contributed by atoms with Gasteiger partial charge in [-0.05, 0) is 120 Å². The van der Waals surface area contributed by atoms with Gasteiger partial charge in [0.15, 0.2) is 0 Å². The van der Waals surface area contributed by atoms with Crippen LogP contribution in [0.4, 0.5) is 37.7 Å². The number of nitrogens with two attached hydrogens (primary N) is 2. The van der Waals surface area contributed by atoms with E-state index in [1.54, 1.807) is 48.5 Å². The van der Waals surface area contributed by atoms with Crippen molar-refractivity contribution in [2.75, 3.05) is 11.5 Å². The minimum Gasteiger partial charge on any atom is -0.419 e. The number of nitrogen functional groups attached to an aromatic ring is 2. The van der Waals surface area contributed by atoms with Crippen molar-refractivity contribution >= 4 is 11.4 Å². The van der Waals surface area contributed by atoms with Gasteiger partial charge in [-0.25, -0.2) is 9.97 Å². The standard InChI is InChI=1S/C40H32F6N4O/c1-21-11-27(12-22(2)35(21)25-7-5-9-31(47)15-25)33-17-29(39(41,42)43)19-49-37(33)51-38-34(18-30(20-50-38)40(44,45)46)28-13-23(3)36(24(4)14-28)26-8-6-10-32(48)16-26/h5-20H,47-48H2,1-4H3. The van der Waals surface area contributed by atoms with E-state index in [2.05, 4.69) is 9.97 Å². The predicted molar refractivity (Wildman–Crippen MR) is 188 cm³/mol. The van der Waals surface area contributed by atoms with Gasteiger partial charge in [0.2, 0.25) is 11.8 Å². The average Bonchev–Trinajstić information content (AvgIpc) is 3.03. The molecule has 0 atom stereocenters. The normalized spacial score (nSPS) is 11.9. The number of rotatable bonds is 6. The van der Waals surface area contributed by atoms with E-state index in [4.69, 9.17) is 16.2 Å². The molecule has 0 radical (unpaired) electrons. The number of aryl methyl sites for hydroxylation is 4. The zero-order valence-corrected chi connectivity index (χ0v) is 28.0. The molecular formula is C40H32F6N4O. The van der Waals surface area contributed by atoms with Crippen molar-refractivity contribution in [1.82, 2.24) is 9.97 Å². The first-order chi connectivity index (χ1) is 24.0. The number of halogens is 6. The third kappa shape index (κ3) is 7.23. The fourth-order valence-corrected chi connectivity index (χ4v) is 6.42. The van der Waals surface area contributed by atoms with Crippen molar-refractivity contribution in [3.63, 3.8) is 0 Å². The lowest BCUT2D eigenvalue weighted by Gasteiger charge is -2.19. The Balaban J connectivity index is 1.51. The van der Waals surface area contributed by atoms with Gasteiger partial charge in [0.25, 0.3) is 0 Å². The number of aromatic nitrogens is 2. The maximum atomic E-state index is 14.0. The van der Waals surface area contributed by atoms with Crippen molar-refractivity contribution in [2.45, 2.75) is 40.0 Å². The molecule has 0 saturated heterocycles. The Hall–Kier alpha value is -5.84. The Morgan fingerprint density at radius 3 is 1.16 bits per heavy atom. The summed E-state index contributed by atoms with van der Waals surface area (Å²) in [5.74, 6) is -0.534. The van der Waals surface area contributed by atoms with Crippen molar-refractivity contribution in [3.05, 3.63) is 131 Å². The highest BCUT2D eigenvalue weighted by Crippen LogP contribution is 2.43. The van der Waals surface area contributed by atoms with Gasteiger partial charge < -0.3 is 16.2 Å². The summed E-state index contributed by atoms with van der Waals surface area (Å²) in [7, 11) is 0. The molecule has 5 nitrogen and oxygen atoms in total. The molecule has 6 rings (SSSR count). The van der Waals surface area contributed by atoms with Crippen LogP contribution in [0.3, 0.4) is 0 Å². The van der Waals surface area contributed by atoms with E-state index >= 15 is 0 Å². The summed E-state index contributed by atoms with van der Waals surface area (Å²) in [6.45, 7) is 7.29. The summed E-state index contributed by atoms with van der Waals surface area (Å²) < 4.78 is 90.1. The van der Waals surface area contributed by atoms with Crippen LogP contribution in [0.15, 0.2) is 97.3 Å². The highest BCUT2D eigenvalue weighted by Gasteiger charge is 2.34. The van der Waals surface area contributed by atoms with Crippen LogP contribution < -0.4 is 16.2 Å². The summed E-state index contributed by atoms with van der Waals surface area (Å²) in [4.78, 5) is 8.08. The molecule has 51 heavy (non-hydrogen) atoms. The molecule has 2 aromatic heterocycles. The number of pyridine rings is 2. The second-order valence-electron chi connectivity index (χ2n) is 12.5. The first-order valence-corrected chi connectivity index (χ1v) is 15.8. The SMILES string of the molecule is Cc1cc(-c2cc(C(F)(F)F)cnc2Oc2ncc(C(F)(F)F)cc2-c2cc(C)c(-c3cccc(N)c3)c(C)c2)cc(C)c1-c1cccc(N)c1. The fourth-order valence-electron chi connectivity index (χ4n) is 6.42. The van der Waals surface area contributed by atoms with E-state index < -0.39 is 23.5 Å². The topological polar surface area (TPSA) is 87.0 Å². The maximum Gasteiger partial charge on any atom is 0.417 e. The van der Waals surface area contributed by atoms with Crippen molar-refractivity contribution < 1.29 is 31.1 Å². The molecule has 2 heterocycles. The first kappa shape index (κ1) is 35.0. The summed E-state index contributed by atoms with van der Waals surface area (Å²) in [5.41, 5.74) is 18.1. The average molecular weight is 699 g/mol. The number of hydrogen-bond acceptors (Lipinski definition) is 5. The van der Waals surface area contributed by atoms with Gasteiger partial charge in [0.1, 0.15) is 0 Å². The van der Waals surface area contributed by atoms with Crippen LogP contribution in [0.1, 0.15) is 33.4 Å². The molecule has 0 amide bonds. The van der Waals surface area contributed by atoms with E-state index in [0.29, 0.717) is 34.9 Å². The molecule has 0 saturated carbocycles. The molecule has 0 fully saturated rings. The highest BCUT2D eigenvalue weighted by atomic mass is 19.4. The second kappa shape index (κ2) is 13.1. The van der Waals surface area contributed by atoms with Crippen LogP contribution >= 0.6 is 0 Å². The van der Waals surface area contributed by atoms with Crippen molar-refractivity contribution in [2.24, 2.45) is 0 Å². The lowest BCUT2D eigenvalue weighted by molar-refractivity contribution is -0.138. The molecule has 0 unspecified atom stereocenters. The number of hydrogen-bond donors (Lipinski definition) is 2. The third-order valence-electron chi connectivity index (χ3n) is 8.59. The van der Waals surface area contributed by atoms with Crippen LogP contribution in [0.25, 0.3) is 44.5 Å². The van der Waals surface area contributed by atoms with Crippen LogP contribution in [-0.4, -0.2) is 9.97 Å². The van der Waals surface area contributed by atoms with Gasteiger partial charge in [0.05, 0.1) is 11.1 Å². The molecule has 0 aliphatic carbocycles. The third-order valence-corrected chi connectivity index (χ3v) is 8.59. The van der Waals surface area contributed by atoms with Gasteiger partial charge in [-0.15, -0.1) is 0 Å². The molecule has 260 valence electrons. The van der Waals surface area contributed by atoms with Gasteiger partial charge in [-0.3, -0.25) is 0 Å². The van der Waals surface area contributed by atoms with Crippen LogP contribution in [-0.2, 0) is 12.4 Å². The summed E-state index contributed by atoms with van der Waals surface area (Å²) in [5, 5.41) is 0. The van der Waals surface area contributed by atoms with E-state index in [1.165, 1.54) is 0 Å². The van der Waals surface area contributed by atoms with Gasteiger partial charge in [0, 0.05) is 34.9 Å². The first-order valence-electron chi connectivity index (χ1n) is 15.8. The van der Waals surface area contributed by atoms with Crippen LogP contribution in [0.2, 0.25) is 0 Å². The van der Waals surface area contributed by atoms with E-state index in [-0.39, 0.29) is 22.9 Å². The van der Waals surface area contributed by atoms with E-state index in [9.17, 15) is 26.3 Å². The minimum atomic E-state index is -4.73. The lowest BCUT2D eigenvalue weighted by Crippen LogP contribution is -2.08. The van der Waals surface area contributed by atoms with Gasteiger partial charge in [-0.2, -0.15) is 26.3 Å². The lowest BCUT2D eigenvalue weighted by atomic mass is 9.91. The smallest absolute Gasteiger partial charge is 0.417 e. The number of alkyl halides is 6. The van der Waals surface area contributed by atoms with Crippen molar-refractivity contribution in [3.8, 4) is 56.3 Å². The molecule has 0 aliphatic heterocycles. The van der Waals surface area contributed by atoms with E-state index in [1.807, 2.05) is 52.0 Å². The summed E-state index contributed by atoms with van der Waals surface area (Å²) in [6.07, 6.45) is -8.22. The highest BCUT2D eigenvalue weighted by molar-refractivity contribution is 5.82. The maximum absolute atomic E-state index is 14.0. The Labute approximate surface area is 290 Å². The quantitative estimate of drug-likeness (QED) is 0.134. The van der Waals surface area contributed by atoms with Crippen LogP contribution in [0, 0.1) is 27.7 Å². The molecule has 0 aliphatic rings. The Morgan fingerprint density at radius 2 is 0.843 bits per heavy atom. The Bertz CT molecular complexity index is 2090. The molecular weight excluding hydrogens is 666 g/mol. The van der Waals surface area contributed by atoms with Crippen molar-refractivity contribution in [1.29, 1.82) is 0 Å². The second-order valence-corrected chi connectivity index (χ2v) is 12.5. The van der Waals surface area contributed by atoms with E-state index in [0.717, 1.165) is 56.6 Å². The number of benzene rings is 4. The Morgan fingerprint density at radius 1 is 0.490 bits per heavy atom. The predicted octanol–water partition coefficient (Wildman–Crippen LogP) is 11.4. The molecule has 0 bridgehead atoms. The van der Waals surface area contributed by atoms with Crippen LogP contribution in [0.5, 0.6) is 11.8 Å². The van der Waals surface area contributed by atoms with Gasteiger partial charge >= 0.3 is 12.4 Å². The summed E-state index contributed by atoms with van der Waals surface area (Å²) >= 11 is 0. The molecule has 4 aromatic carbocycles. The monoisotopic (exact) mass is 698 g/mol. The largest absolute Gasteiger partial charge is 0.419 e. The number of anilines is 2. The molecule has 0 spiro atoms. The number of nitrogens with zero attached hydrogens (tertiary/aromatic N) is 2. The molecule has 11 heteroatoms. The molecule has 4 N–H and O–H groups in total. The number of ether oxygens (including phenoxy) is 1. The summed E-state index contributed by atoms with van der Waals surface area (Å²) in [6, 6.07) is 23.1. The fraction of sp³-hybridized carbons (Fsp3) is 0.150. The zero-order chi connectivity index (χ0) is 36.8. The van der Waals surface area contributed by atoms with Gasteiger partial charge in [-0.1, -0.05) is 48.5 Å². The molecule has 6 aromatic rings. The minimum absolute atomic E-state index is 0.0211. The zero-order valence-electron chi connectivity index (χ0n) is 28.0. The Kier molecular flexibility index (Phi) is 9.01.